The molecule has 0 radical (unpaired) electrons. The van der Waals surface area contributed by atoms with E-state index in [4.69, 9.17) is 4.42 Å². The molecule has 2 aliphatic rings. The molecular formula is C24H33N3O2. The van der Waals surface area contributed by atoms with Crippen molar-refractivity contribution in [2.24, 2.45) is 5.41 Å². The first kappa shape index (κ1) is 20.0. The molecule has 1 saturated heterocycles. The monoisotopic (exact) mass is 395 g/mol. The van der Waals surface area contributed by atoms with E-state index in [1.54, 1.807) is 0 Å². The molecule has 29 heavy (non-hydrogen) atoms. The van der Waals surface area contributed by atoms with Gasteiger partial charge in [0.05, 0.1) is 6.04 Å². The normalized spacial score (nSPS) is 22.1. The van der Waals surface area contributed by atoms with Crippen LogP contribution in [0.4, 0.5) is 4.79 Å². The lowest BCUT2D eigenvalue weighted by Crippen LogP contribution is -2.49. The molecule has 1 aliphatic heterocycles. The summed E-state index contributed by atoms with van der Waals surface area (Å²) in [5.74, 6) is 1.95. The quantitative estimate of drug-likeness (QED) is 0.798. The predicted octanol–water partition coefficient (Wildman–Crippen LogP) is 4.57. The number of furan rings is 1. The van der Waals surface area contributed by atoms with Crippen molar-refractivity contribution in [1.29, 1.82) is 0 Å². The number of carbonyl (C=O) groups excluding carboxylic acids is 1. The van der Waals surface area contributed by atoms with Crippen molar-refractivity contribution >= 4 is 6.03 Å². The highest BCUT2D eigenvalue weighted by molar-refractivity contribution is 5.75. The van der Waals surface area contributed by atoms with Crippen LogP contribution in [0, 0.1) is 12.3 Å². The number of nitrogens with one attached hydrogen (secondary N) is 2. The molecule has 1 fully saturated rings. The minimum Gasteiger partial charge on any atom is -0.466 e. The van der Waals surface area contributed by atoms with Crippen molar-refractivity contribution in [3.05, 3.63) is 59.0 Å². The standard InChI is InChI=1S/C24H33N3O2/c1-17-13-20-21(14-24(2,3)15-22(20)29-17)26-23(28)25-19-9-11-27(12-10-19)16-18-7-5-4-6-8-18/h4-8,13,19,21H,9-12,14-16H2,1-3H3,(H2,25,26,28). The van der Waals surface area contributed by atoms with Gasteiger partial charge in [0, 0.05) is 37.7 Å². The van der Waals surface area contributed by atoms with E-state index in [-0.39, 0.29) is 23.5 Å². The van der Waals surface area contributed by atoms with Gasteiger partial charge in [-0.2, -0.15) is 0 Å². The van der Waals surface area contributed by atoms with Crippen LogP contribution in [-0.2, 0) is 13.0 Å². The highest BCUT2D eigenvalue weighted by Crippen LogP contribution is 2.41. The zero-order valence-electron chi connectivity index (χ0n) is 17.8. The summed E-state index contributed by atoms with van der Waals surface area (Å²) in [5.41, 5.74) is 2.62. The zero-order valence-corrected chi connectivity index (χ0v) is 17.8. The molecule has 156 valence electrons. The number of carbonyl (C=O) groups is 1. The molecule has 2 aromatic rings. The summed E-state index contributed by atoms with van der Waals surface area (Å²) in [7, 11) is 0. The molecule has 2 heterocycles. The Morgan fingerprint density at radius 1 is 1.17 bits per heavy atom. The number of likely N-dealkylation sites (tertiary alicyclic amines) is 1. The highest BCUT2D eigenvalue weighted by Gasteiger charge is 2.35. The minimum absolute atomic E-state index is 0.0179. The number of hydrogen-bond donors (Lipinski definition) is 2. The van der Waals surface area contributed by atoms with Crippen molar-refractivity contribution in [3.8, 4) is 0 Å². The van der Waals surface area contributed by atoms with Crippen LogP contribution in [0.5, 0.6) is 0 Å². The molecule has 5 heteroatoms. The molecular weight excluding hydrogens is 362 g/mol. The lowest BCUT2D eigenvalue weighted by atomic mass is 9.75. The topological polar surface area (TPSA) is 57.5 Å². The first-order chi connectivity index (χ1) is 13.9. The summed E-state index contributed by atoms with van der Waals surface area (Å²) < 4.78 is 5.89. The molecule has 0 spiro atoms. The number of aryl methyl sites for hydroxylation is 1. The smallest absolute Gasteiger partial charge is 0.315 e. The van der Waals surface area contributed by atoms with E-state index in [1.165, 1.54) is 5.56 Å². The van der Waals surface area contributed by atoms with Crippen LogP contribution >= 0.6 is 0 Å². The summed E-state index contributed by atoms with van der Waals surface area (Å²) in [4.78, 5) is 15.2. The molecule has 0 saturated carbocycles. The molecule has 4 rings (SSSR count). The molecule has 0 bridgehead atoms. The van der Waals surface area contributed by atoms with Gasteiger partial charge in [0.15, 0.2) is 0 Å². The van der Waals surface area contributed by atoms with Crippen molar-refractivity contribution in [1.82, 2.24) is 15.5 Å². The number of piperidine rings is 1. The molecule has 1 unspecified atom stereocenters. The van der Waals surface area contributed by atoms with Gasteiger partial charge in [-0.3, -0.25) is 4.90 Å². The Morgan fingerprint density at radius 2 is 1.90 bits per heavy atom. The number of urea groups is 1. The predicted molar refractivity (Wildman–Crippen MR) is 115 cm³/mol. The van der Waals surface area contributed by atoms with Crippen molar-refractivity contribution in [3.63, 3.8) is 0 Å². The van der Waals surface area contributed by atoms with Crippen molar-refractivity contribution in [2.45, 2.75) is 65.1 Å². The maximum atomic E-state index is 12.7. The Kier molecular flexibility index (Phi) is 5.68. The third kappa shape index (κ3) is 5.02. The van der Waals surface area contributed by atoms with E-state index < -0.39 is 0 Å². The second-order valence-corrected chi connectivity index (χ2v) is 9.49. The van der Waals surface area contributed by atoms with E-state index >= 15 is 0 Å². The van der Waals surface area contributed by atoms with E-state index in [1.807, 2.05) is 6.92 Å². The van der Waals surface area contributed by atoms with Crippen molar-refractivity contribution in [2.75, 3.05) is 13.1 Å². The molecule has 1 aromatic heterocycles. The van der Waals surface area contributed by atoms with Crippen molar-refractivity contribution < 1.29 is 9.21 Å². The Balaban J connectivity index is 1.28. The van der Waals surface area contributed by atoms with Crippen LogP contribution in [0.2, 0.25) is 0 Å². The third-order valence-electron chi connectivity index (χ3n) is 6.21. The minimum atomic E-state index is -0.0565. The van der Waals surface area contributed by atoms with Crippen LogP contribution < -0.4 is 10.6 Å². The number of nitrogens with zero attached hydrogens (tertiary/aromatic N) is 1. The average molecular weight is 396 g/mol. The summed E-state index contributed by atoms with van der Waals surface area (Å²) in [5, 5.41) is 6.43. The van der Waals surface area contributed by atoms with Gasteiger partial charge in [-0.15, -0.1) is 0 Å². The summed E-state index contributed by atoms with van der Waals surface area (Å²) in [6.45, 7) is 9.47. The molecule has 2 N–H and O–H groups in total. The molecule has 1 atom stereocenters. The lowest BCUT2D eigenvalue weighted by Gasteiger charge is -2.36. The third-order valence-corrected chi connectivity index (χ3v) is 6.21. The number of hydrogen-bond acceptors (Lipinski definition) is 3. The highest BCUT2D eigenvalue weighted by atomic mass is 16.3. The van der Waals surface area contributed by atoms with Gasteiger partial charge in [0.25, 0.3) is 0 Å². The van der Waals surface area contributed by atoms with Gasteiger partial charge < -0.3 is 15.1 Å². The van der Waals surface area contributed by atoms with E-state index in [0.717, 1.165) is 62.4 Å². The zero-order chi connectivity index (χ0) is 20.4. The maximum Gasteiger partial charge on any atom is 0.315 e. The van der Waals surface area contributed by atoms with Gasteiger partial charge in [-0.1, -0.05) is 44.2 Å². The van der Waals surface area contributed by atoms with Gasteiger partial charge in [-0.25, -0.2) is 4.79 Å². The van der Waals surface area contributed by atoms with Crippen LogP contribution in [0.1, 0.15) is 61.8 Å². The number of benzene rings is 1. The fraction of sp³-hybridized carbons (Fsp3) is 0.542. The lowest BCUT2D eigenvalue weighted by molar-refractivity contribution is 0.182. The fourth-order valence-corrected chi connectivity index (χ4v) is 4.78. The number of fused-ring (bicyclic) bond motifs is 1. The van der Waals surface area contributed by atoms with Crippen LogP contribution in [-0.4, -0.2) is 30.1 Å². The van der Waals surface area contributed by atoms with E-state index in [2.05, 4.69) is 65.8 Å². The second kappa shape index (κ2) is 8.23. The first-order valence-electron chi connectivity index (χ1n) is 10.8. The summed E-state index contributed by atoms with van der Waals surface area (Å²) in [6.07, 6.45) is 3.84. The Labute approximate surface area is 173 Å². The molecule has 5 nitrogen and oxygen atoms in total. The fourth-order valence-electron chi connectivity index (χ4n) is 4.78. The Morgan fingerprint density at radius 3 is 2.62 bits per heavy atom. The SMILES string of the molecule is Cc1cc2c(o1)CC(C)(C)CC2NC(=O)NC1CCN(Cc2ccccc2)CC1. The van der Waals surface area contributed by atoms with Crippen LogP contribution in [0.15, 0.2) is 40.8 Å². The Bertz CT molecular complexity index is 835. The maximum absolute atomic E-state index is 12.7. The van der Waals surface area contributed by atoms with Crippen LogP contribution in [0.25, 0.3) is 0 Å². The molecule has 1 aliphatic carbocycles. The number of rotatable bonds is 4. The Hall–Kier alpha value is -2.27. The summed E-state index contributed by atoms with van der Waals surface area (Å²) >= 11 is 0. The molecule has 2 amide bonds. The van der Waals surface area contributed by atoms with Gasteiger partial charge >= 0.3 is 6.03 Å². The number of amides is 2. The summed E-state index contributed by atoms with van der Waals surface area (Å²) in [6, 6.07) is 12.9. The van der Waals surface area contributed by atoms with E-state index in [9.17, 15) is 4.79 Å². The van der Waals surface area contributed by atoms with Gasteiger partial charge in [0.2, 0.25) is 0 Å². The van der Waals surface area contributed by atoms with Crippen LogP contribution in [0.3, 0.4) is 0 Å². The molecule has 1 aromatic carbocycles. The van der Waals surface area contributed by atoms with Gasteiger partial charge in [0.1, 0.15) is 11.5 Å². The average Bonchev–Trinajstić information content (AvgIpc) is 3.03. The van der Waals surface area contributed by atoms with E-state index in [0.29, 0.717) is 0 Å². The second-order valence-electron chi connectivity index (χ2n) is 9.49. The van der Waals surface area contributed by atoms with Gasteiger partial charge in [-0.05, 0) is 43.2 Å². The first-order valence-corrected chi connectivity index (χ1v) is 10.8. The largest absolute Gasteiger partial charge is 0.466 e.